The highest BCUT2D eigenvalue weighted by molar-refractivity contribution is 5.91. The lowest BCUT2D eigenvalue weighted by atomic mass is 10.2. The molecule has 0 amide bonds. The Bertz CT molecular complexity index is 418. The third kappa shape index (κ3) is 1.15. The smallest absolute Gasteiger partial charge is 0.358 e. The molecule has 7 heteroatoms. The van der Waals surface area contributed by atoms with Gasteiger partial charge in [-0.3, -0.25) is 0 Å². The monoisotopic (exact) mass is 179 g/mol. The van der Waals surface area contributed by atoms with Gasteiger partial charge in [0.15, 0.2) is 5.69 Å². The predicted octanol–water partition coefficient (Wildman–Crippen LogP) is -0.107. The van der Waals surface area contributed by atoms with E-state index in [0.717, 1.165) is 0 Å². The summed E-state index contributed by atoms with van der Waals surface area (Å²) in [6.07, 6.45) is 2.92. The summed E-state index contributed by atoms with van der Waals surface area (Å²) in [7, 11) is 0. The minimum absolute atomic E-state index is 0.121. The molecule has 0 aliphatic rings. The average molecular weight is 179 g/mol. The number of hydrogen-bond donors (Lipinski definition) is 3. The van der Waals surface area contributed by atoms with Gasteiger partial charge in [-0.1, -0.05) is 0 Å². The number of aromatic amines is 2. The van der Waals surface area contributed by atoms with Crippen molar-refractivity contribution in [1.82, 2.24) is 25.4 Å². The molecule has 66 valence electrons. The number of aromatic carboxylic acids is 1. The first-order chi connectivity index (χ1) is 6.29. The van der Waals surface area contributed by atoms with E-state index in [2.05, 4.69) is 25.4 Å². The van der Waals surface area contributed by atoms with Crippen LogP contribution < -0.4 is 0 Å². The summed E-state index contributed by atoms with van der Waals surface area (Å²) in [5, 5.41) is 18.1. The van der Waals surface area contributed by atoms with Crippen LogP contribution in [0.4, 0.5) is 0 Å². The molecule has 0 saturated carbocycles. The zero-order chi connectivity index (χ0) is 9.26. The molecule has 0 aromatic carbocycles. The first kappa shape index (κ1) is 7.47. The van der Waals surface area contributed by atoms with E-state index in [1.54, 1.807) is 0 Å². The standard InChI is InChI=1S/C6H5N5O2/c12-6(13)5-4(9-11-10-5)3-1-7-2-8-3/h1-2H,(H,7,8)(H,12,13)(H,9,10,11). The van der Waals surface area contributed by atoms with E-state index in [1.165, 1.54) is 12.5 Å². The van der Waals surface area contributed by atoms with Crippen molar-refractivity contribution in [3.63, 3.8) is 0 Å². The number of aromatic nitrogens is 5. The van der Waals surface area contributed by atoms with Crippen molar-refractivity contribution in [1.29, 1.82) is 0 Å². The molecule has 0 spiro atoms. The lowest BCUT2D eigenvalue weighted by molar-refractivity contribution is 0.0691. The normalized spacial score (nSPS) is 10.2. The van der Waals surface area contributed by atoms with Crippen LogP contribution in [0.2, 0.25) is 0 Å². The number of carboxylic acids is 1. The van der Waals surface area contributed by atoms with Gasteiger partial charge in [-0.15, -0.1) is 5.10 Å². The second kappa shape index (κ2) is 2.70. The van der Waals surface area contributed by atoms with Gasteiger partial charge in [0.2, 0.25) is 0 Å². The first-order valence-electron chi connectivity index (χ1n) is 3.42. The number of carbonyl (C=O) groups is 1. The van der Waals surface area contributed by atoms with Crippen LogP contribution in [-0.4, -0.2) is 36.5 Å². The summed E-state index contributed by atoms with van der Waals surface area (Å²) in [4.78, 5) is 17.1. The predicted molar refractivity (Wildman–Crippen MR) is 40.9 cm³/mol. The summed E-state index contributed by atoms with van der Waals surface area (Å²) < 4.78 is 0. The molecular weight excluding hydrogens is 174 g/mol. The van der Waals surface area contributed by atoms with Crippen LogP contribution in [0.1, 0.15) is 10.5 Å². The Morgan fingerprint density at radius 3 is 2.92 bits per heavy atom. The number of hydrogen-bond acceptors (Lipinski definition) is 4. The third-order valence-corrected chi connectivity index (χ3v) is 1.50. The molecule has 0 fully saturated rings. The van der Waals surface area contributed by atoms with Crippen LogP contribution in [0, 0.1) is 0 Å². The van der Waals surface area contributed by atoms with Crippen LogP contribution in [0.25, 0.3) is 11.4 Å². The van der Waals surface area contributed by atoms with E-state index in [-0.39, 0.29) is 11.4 Å². The fourth-order valence-corrected chi connectivity index (χ4v) is 0.953. The molecule has 0 radical (unpaired) electrons. The van der Waals surface area contributed by atoms with Crippen LogP contribution in [0.3, 0.4) is 0 Å². The van der Waals surface area contributed by atoms with Gasteiger partial charge < -0.3 is 10.1 Å². The summed E-state index contributed by atoms with van der Waals surface area (Å²) in [6.45, 7) is 0. The van der Waals surface area contributed by atoms with Crippen LogP contribution in [0.15, 0.2) is 12.5 Å². The number of H-pyrrole nitrogens is 2. The van der Waals surface area contributed by atoms with E-state index < -0.39 is 5.97 Å². The molecule has 2 heterocycles. The highest BCUT2D eigenvalue weighted by Crippen LogP contribution is 2.15. The molecule has 0 atom stereocenters. The largest absolute Gasteiger partial charge is 0.476 e. The molecule has 2 rings (SSSR count). The minimum atomic E-state index is -1.13. The van der Waals surface area contributed by atoms with Crippen molar-refractivity contribution < 1.29 is 9.90 Å². The number of rotatable bonds is 2. The number of nitrogens with one attached hydrogen (secondary N) is 2. The Kier molecular flexibility index (Phi) is 1.55. The quantitative estimate of drug-likeness (QED) is 0.596. The van der Waals surface area contributed by atoms with Gasteiger partial charge in [-0.2, -0.15) is 10.3 Å². The lowest BCUT2D eigenvalue weighted by Gasteiger charge is -1.90. The fourth-order valence-electron chi connectivity index (χ4n) is 0.953. The number of imidazole rings is 1. The lowest BCUT2D eigenvalue weighted by Crippen LogP contribution is -1.99. The molecule has 2 aromatic heterocycles. The summed E-state index contributed by atoms with van der Waals surface area (Å²) >= 11 is 0. The van der Waals surface area contributed by atoms with Crippen LogP contribution in [0.5, 0.6) is 0 Å². The van der Waals surface area contributed by atoms with E-state index in [0.29, 0.717) is 5.69 Å². The third-order valence-electron chi connectivity index (χ3n) is 1.50. The molecule has 2 aromatic rings. The molecule has 0 saturated heterocycles. The van der Waals surface area contributed by atoms with E-state index >= 15 is 0 Å². The van der Waals surface area contributed by atoms with Gasteiger partial charge in [0.25, 0.3) is 0 Å². The Morgan fingerprint density at radius 2 is 2.31 bits per heavy atom. The summed E-state index contributed by atoms with van der Waals surface area (Å²) in [6, 6.07) is 0. The van der Waals surface area contributed by atoms with Crippen molar-refractivity contribution >= 4 is 5.97 Å². The fraction of sp³-hybridized carbons (Fsp3) is 0. The summed E-state index contributed by atoms with van der Waals surface area (Å²) in [5.41, 5.74) is 0.653. The number of nitrogens with zero attached hydrogens (tertiary/aromatic N) is 3. The van der Waals surface area contributed by atoms with Crippen molar-refractivity contribution in [3.05, 3.63) is 18.2 Å². The van der Waals surface area contributed by atoms with Crippen molar-refractivity contribution in [2.75, 3.05) is 0 Å². The Hall–Kier alpha value is -2.18. The Labute approximate surface area is 71.8 Å². The maximum atomic E-state index is 10.6. The van der Waals surface area contributed by atoms with Crippen molar-refractivity contribution in [2.45, 2.75) is 0 Å². The molecule has 0 aliphatic heterocycles. The second-order valence-corrected chi connectivity index (χ2v) is 2.29. The number of carboxylic acid groups (broad SMARTS) is 1. The van der Waals surface area contributed by atoms with Crippen molar-refractivity contribution in [3.8, 4) is 11.4 Å². The SMILES string of the molecule is O=C(O)c1n[nH]nc1-c1cnc[nH]1. The summed E-state index contributed by atoms with van der Waals surface area (Å²) in [5.74, 6) is -1.13. The zero-order valence-corrected chi connectivity index (χ0v) is 6.35. The Morgan fingerprint density at radius 1 is 1.46 bits per heavy atom. The second-order valence-electron chi connectivity index (χ2n) is 2.29. The molecule has 13 heavy (non-hydrogen) atoms. The van der Waals surface area contributed by atoms with Crippen LogP contribution >= 0.6 is 0 Å². The van der Waals surface area contributed by atoms with Crippen molar-refractivity contribution in [2.24, 2.45) is 0 Å². The molecule has 0 unspecified atom stereocenters. The highest BCUT2D eigenvalue weighted by atomic mass is 16.4. The maximum Gasteiger partial charge on any atom is 0.358 e. The minimum Gasteiger partial charge on any atom is -0.476 e. The maximum absolute atomic E-state index is 10.6. The van der Waals surface area contributed by atoms with Gasteiger partial charge in [0.1, 0.15) is 5.69 Å². The molecular formula is C6H5N5O2. The molecule has 0 bridgehead atoms. The van der Waals surface area contributed by atoms with E-state index in [9.17, 15) is 4.79 Å². The van der Waals surface area contributed by atoms with Gasteiger partial charge in [0, 0.05) is 0 Å². The molecule has 3 N–H and O–H groups in total. The topological polar surface area (TPSA) is 108 Å². The molecule has 0 aliphatic carbocycles. The average Bonchev–Trinajstić information content (AvgIpc) is 2.74. The van der Waals surface area contributed by atoms with Gasteiger partial charge in [-0.05, 0) is 0 Å². The Balaban J connectivity index is 2.52. The van der Waals surface area contributed by atoms with Gasteiger partial charge >= 0.3 is 5.97 Å². The first-order valence-corrected chi connectivity index (χ1v) is 3.42. The van der Waals surface area contributed by atoms with Crippen LogP contribution in [-0.2, 0) is 0 Å². The van der Waals surface area contributed by atoms with E-state index in [4.69, 9.17) is 5.11 Å². The van der Waals surface area contributed by atoms with Gasteiger partial charge in [0.05, 0.1) is 18.2 Å². The highest BCUT2D eigenvalue weighted by Gasteiger charge is 2.17. The van der Waals surface area contributed by atoms with Gasteiger partial charge in [-0.25, -0.2) is 9.78 Å². The molecule has 7 nitrogen and oxygen atoms in total. The van der Waals surface area contributed by atoms with E-state index in [1.807, 2.05) is 0 Å². The zero-order valence-electron chi connectivity index (χ0n) is 6.35.